The molecule has 0 aromatic heterocycles. The summed E-state index contributed by atoms with van der Waals surface area (Å²) in [6.07, 6.45) is 1.31. The number of carbonyl (C=O) groups is 2. The number of ether oxygens (including phenoxy) is 1. The third-order valence-electron chi connectivity index (χ3n) is 6.23. The van der Waals surface area contributed by atoms with E-state index in [1.807, 2.05) is 68.4 Å². The zero-order valence-electron chi connectivity index (χ0n) is 23.2. The van der Waals surface area contributed by atoms with Gasteiger partial charge >= 0.3 is 0 Å². The van der Waals surface area contributed by atoms with Crippen molar-refractivity contribution >= 4 is 43.5 Å². The van der Waals surface area contributed by atoms with E-state index in [4.69, 9.17) is 4.74 Å². The van der Waals surface area contributed by atoms with Crippen LogP contribution in [-0.2, 0) is 32.6 Å². The molecule has 3 rings (SSSR count). The summed E-state index contributed by atoms with van der Waals surface area (Å²) in [4.78, 5) is 29.2. The molecule has 2 amide bonds. The number of methoxy groups -OCH3 is 1. The molecule has 1 atom stereocenters. The van der Waals surface area contributed by atoms with Gasteiger partial charge < -0.3 is 15.0 Å². The van der Waals surface area contributed by atoms with Gasteiger partial charge in [0.05, 0.1) is 19.1 Å². The Morgan fingerprint density at radius 2 is 1.60 bits per heavy atom. The molecule has 0 unspecified atom stereocenters. The van der Waals surface area contributed by atoms with Gasteiger partial charge in [-0.2, -0.15) is 0 Å². The van der Waals surface area contributed by atoms with E-state index in [0.29, 0.717) is 12.3 Å². The Labute approximate surface area is 245 Å². The lowest BCUT2D eigenvalue weighted by molar-refractivity contribution is -0.140. The predicted molar refractivity (Wildman–Crippen MR) is 162 cm³/mol. The summed E-state index contributed by atoms with van der Waals surface area (Å²) in [7, 11) is -2.45. The van der Waals surface area contributed by atoms with E-state index in [1.54, 1.807) is 24.3 Å². The van der Waals surface area contributed by atoms with Crippen molar-refractivity contribution in [2.45, 2.75) is 32.9 Å². The van der Waals surface area contributed by atoms with Gasteiger partial charge in [-0.3, -0.25) is 13.9 Å². The number of hydrogen-bond acceptors (Lipinski definition) is 5. The SMILES string of the molecule is COc1ccccc1N(CC(=O)N(Cc1cccc(Br)c1)[C@@H](Cc1ccccc1)C(=O)NCC(C)C)S(C)(=O)=O. The van der Waals surface area contributed by atoms with Crippen LogP contribution in [0.15, 0.2) is 83.3 Å². The molecule has 8 nitrogen and oxygen atoms in total. The number of amides is 2. The maximum atomic E-state index is 14.1. The van der Waals surface area contributed by atoms with E-state index >= 15 is 0 Å². The Morgan fingerprint density at radius 1 is 0.950 bits per heavy atom. The summed E-state index contributed by atoms with van der Waals surface area (Å²) in [5.41, 5.74) is 1.91. The largest absolute Gasteiger partial charge is 0.495 e. The fraction of sp³-hybridized carbons (Fsp3) is 0.333. The van der Waals surface area contributed by atoms with Gasteiger partial charge in [0.15, 0.2) is 0 Å². The van der Waals surface area contributed by atoms with Crippen LogP contribution in [0.25, 0.3) is 0 Å². The summed E-state index contributed by atoms with van der Waals surface area (Å²) >= 11 is 3.48. The van der Waals surface area contributed by atoms with Crippen molar-refractivity contribution in [1.82, 2.24) is 10.2 Å². The van der Waals surface area contributed by atoms with Gasteiger partial charge in [0.25, 0.3) is 0 Å². The number of rotatable bonds is 13. The highest BCUT2D eigenvalue weighted by molar-refractivity contribution is 9.10. The average molecular weight is 631 g/mol. The van der Waals surface area contributed by atoms with Crippen molar-refractivity contribution in [3.05, 3.63) is 94.5 Å². The normalized spacial score (nSPS) is 12.1. The van der Waals surface area contributed by atoms with Crippen LogP contribution >= 0.6 is 15.9 Å². The zero-order chi connectivity index (χ0) is 29.3. The zero-order valence-corrected chi connectivity index (χ0v) is 25.6. The first-order valence-corrected chi connectivity index (χ1v) is 15.6. The number of carbonyl (C=O) groups excluding carboxylic acids is 2. The summed E-state index contributed by atoms with van der Waals surface area (Å²) in [6, 6.07) is 22.7. The number of nitrogens with zero attached hydrogens (tertiary/aromatic N) is 2. The minimum absolute atomic E-state index is 0.106. The minimum atomic E-state index is -3.89. The van der Waals surface area contributed by atoms with E-state index < -0.39 is 28.5 Å². The molecule has 0 saturated carbocycles. The monoisotopic (exact) mass is 629 g/mol. The number of halogens is 1. The van der Waals surface area contributed by atoms with E-state index in [0.717, 1.165) is 26.2 Å². The van der Waals surface area contributed by atoms with Crippen molar-refractivity contribution in [3.8, 4) is 5.75 Å². The first-order valence-electron chi connectivity index (χ1n) is 13.0. The number of nitrogens with one attached hydrogen (secondary N) is 1. The standard InChI is InChI=1S/C30H36BrN3O5S/c1-22(2)19-32-30(36)27(18-23-11-6-5-7-12-23)33(20-24-13-10-14-25(31)17-24)29(35)21-34(40(4,37)38)26-15-8-9-16-28(26)39-3/h5-17,22,27H,18-21H2,1-4H3,(H,32,36)/t27-/m0/s1. The van der Waals surface area contributed by atoms with Gasteiger partial charge in [0.1, 0.15) is 18.3 Å². The first kappa shape index (κ1) is 31.2. The van der Waals surface area contributed by atoms with Crippen LogP contribution in [0, 0.1) is 5.92 Å². The number of hydrogen-bond donors (Lipinski definition) is 1. The molecule has 1 N–H and O–H groups in total. The van der Waals surface area contributed by atoms with Gasteiger partial charge in [-0.05, 0) is 41.3 Å². The van der Waals surface area contributed by atoms with Gasteiger partial charge in [0.2, 0.25) is 21.8 Å². The average Bonchev–Trinajstić information content (AvgIpc) is 2.92. The Morgan fingerprint density at radius 3 is 2.23 bits per heavy atom. The molecule has 0 aliphatic carbocycles. The molecule has 0 saturated heterocycles. The van der Waals surface area contributed by atoms with Gasteiger partial charge in [0, 0.05) is 24.0 Å². The molecule has 0 aliphatic heterocycles. The van der Waals surface area contributed by atoms with Crippen molar-refractivity contribution in [2.24, 2.45) is 5.92 Å². The molecule has 0 radical (unpaired) electrons. The second-order valence-corrected chi connectivity index (χ2v) is 12.8. The Hall–Kier alpha value is -3.37. The van der Waals surface area contributed by atoms with E-state index in [1.165, 1.54) is 12.0 Å². The molecule has 0 heterocycles. The Kier molecular flexibility index (Phi) is 11.2. The predicted octanol–water partition coefficient (Wildman–Crippen LogP) is 4.64. The second kappa shape index (κ2) is 14.3. The van der Waals surface area contributed by atoms with E-state index in [9.17, 15) is 18.0 Å². The quantitative estimate of drug-likeness (QED) is 0.297. The lowest BCUT2D eigenvalue weighted by Crippen LogP contribution is -2.53. The van der Waals surface area contributed by atoms with Crippen LogP contribution in [0.3, 0.4) is 0 Å². The number of benzene rings is 3. The molecule has 0 bridgehead atoms. The molecule has 3 aromatic carbocycles. The molecule has 0 spiro atoms. The van der Waals surface area contributed by atoms with Gasteiger partial charge in [-0.25, -0.2) is 8.42 Å². The fourth-order valence-electron chi connectivity index (χ4n) is 4.24. The van der Waals surface area contributed by atoms with E-state index in [-0.39, 0.29) is 30.5 Å². The maximum absolute atomic E-state index is 14.1. The summed E-state index contributed by atoms with van der Waals surface area (Å²) in [5.74, 6) is -0.294. The third kappa shape index (κ3) is 8.82. The molecule has 40 heavy (non-hydrogen) atoms. The van der Waals surface area contributed by atoms with Crippen molar-refractivity contribution in [3.63, 3.8) is 0 Å². The van der Waals surface area contributed by atoms with Gasteiger partial charge in [-0.1, -0.05) is 84.4 Å². The topological polar surface area (TPSA) is 96.0 Å². The van der Waals surface area contributed by atoms with Crippen LogP contribution in [0.2, 0.25) is 0 Å². The molecule has 10 heteroatoms. The highest BCUT2D eigenvalue weighted by Gasteiger charge is 2.33. The summed E-state index contributed by atoms with van der Waals surface area (Å²) in [6.45, 7) is 4.03. The molecule has 3 aromatic rings. The van der Waals surface area contributed by atoms with Crippen LogP contribution in [0.1, 0.15) is 25.0 Å². The highest BCUT2D eigenvalue weighted by Crippen LogP contribution is 2.30. The Bertz CT molecular complexity index is 1400. The molecular weight excluding hydrogens is 594 g/mol. The maximum Gasteiger partial charge on any atom is 0.244 e. The molecular formula is C30H36BrN3O5S. The smallest absolute Gasteiger partial charge is 0.244 e. The van der Waals surface area contributed by atoms with Crippen molar-refractivity contribution in [1.29, 1.82) is 0 Å². The van der Waals surface area contributed by atoms with Crippen LogP contribution in [0.5, 0.6) is 5.75 Å². The number of para-hydroxylation sites is 2. The van der Waals surface area contributed by atoms with Crippen LogP contribution in [-0.4, -0.2) is 57.6 Å². The Balaban J connectivity index is 2.07. The lowest BCUT2D eigenvalue weighted by Gasteiger charge is -2.34. The highest BCUT2D eigenvalue weighted by atomic mass is 79.9. The molecule has 0 aliphatic rings. The molecule has 214 valence electrons. The van der Waals surface area contributed by atoms with Crippen molar-refractivity contribution in [2.75, 3.05) is 30.8 Å². The van der Waals surface area contributed by atoms with Crippen LogP contribution in [0.4, 0.5) is 5.69 Å². The van der Waals surface area contributed by atoms with Gasteiger partial charge in [-0.15, -0.1) is 0 Å². The molecule has 0 fully saturated rings. The second-order valence-electron chi connectivity index (χ2n) is 9.94. The third-order valence-corrected chi connectivity index (χ3v) is 7.85. The lowest BCUT2D eigenvalue weighted by atomic mass is 10.0. The minimum Gasteiger partial charge on any atom is -0.495 e. The number of sulfonamides is 1. The fourth-order valence-corrected chi connectivity index (χ4v) is 5.54. The van der Waals surface area contributed by atoms with Crippen molar-refractivity contribution < 1.29 is 22.7 Å². The summed E-state index contributed by atoms with van der Waals surface area (Å²) in [5, 5.41) is 2.97. The van der Waals surface area contributed by atoms with Crippen LogP contribution < -0.4 is 14.4 Å². The first-order chi connectivity index (χ1) is 19.0. The number of anilines is 1. The van der Waals surface area contributed by atoms with E-state index in [2.05, 4.69) is 21.2 Å². The summed E-state index contributed by atoms with van der Waals surface area (Å²) < 4.78 is 33.1.